The first-order valence-electron chi connectivity index (χ1n) is 17.9. The first-order valence-corrected chi connectivity index (χ1v) is 17.9. The van der Waals surface area contributed by atoms with Gasteiger partial charge in [-0.2, -0.15) is 13.8 Å². The summed E-state index contributed by atoms with van der Waals surface area (Å²) >= 11 is 0. The molecule has 0 unspecified atom stereocenters. The van der Waals surface area contributed by atoms with E-state index in [4.69, 9.17) is 0 Å². The second kappa shape index (κ2) is 26.3. The van der Waals surface area contributed by atoms with Gasteiger partial charge in [0.2, 0.25) is 11.4 Å². The van der Waals surface area contributed by atoms with E-state index in [-0.39, 0.29) is 28.1 Å². The standard InChI is InChI=1S/C38H52N2O2.2C2H5.Ni/c1-5-7-9-11-12-14-24-36-35(23-13-10-8-6-2)37(33-21-17-15-19-31(33)27-25-29(3)41)40(39)38(36)34-22-18-16-20-32(34)28-26-30(4)42;2*1-2;/h15-22H,5-14,23-28H2,1-4H3;2*1H2,2H3;/q;2*-1;+2. The number of aryl methyl sites for hydroxylation is 2. The Morgan fingerprint density at radius 2 is 0.915 bits per heavy atom. The fraction of sp³-hybridized carbons (Fsp3) is 0.524. The van der Waals surface area contributed by atoms with Crippen LogP contribution in [0.5, 0.6) is 0 Å². The van der Waals surface area contributed by atoms with Crippen molar-refractivity contribution < 1.29 is 30.8 Å². The molecule has 262 valence electrons. The van der Waals surface area contributed by atoms with Crippen LogP contribution in [0.25, 0.3) is 16.9 Å². The van der Waals surface area contributed by atoms with Crippen LogP contribution in [0.4, 0.5) is 0 Å². The fourth-order valence-corrected chi connectivity index (χ4v) is 6.12. The predicted octanol–water partition coefficient (Wildman–Crippen LogP) is 12.3. The average Bonchev–Trinajstić information content (AvgIpc) is 3.34. The van der Waals surface area contributed by atoms with Crippen LogP contribution >= 0.6 is 0 Å². The quantitative estimate of drug-likeness (QED) is 0.0603. The van der Waals surface area contributed by atoms with Gasteiger partial charge in [0.25, 0.3) is 0 Å². The van der Waals surface area contributed by atoms with Crippen LogP contribution in [0, 0.1) is 13.8 Å². The van der Waals surface area contributed by atoms with Crippen molar-refractivity contribution in [2.24, 2.45) is 0 Å². The topological polar surface area (TPSA) is 59.4 Å². The average molecular weight is 686 g/mol. The molecule has 0 spiro atoms. The van der Waals surface area contributed by atoms with Crippen LogP contribution in [0.2, 0.25) is 0 Å². The van der Waals surface area contributed by atoms with E-state index in [0.717, 1.165) is 59.3 Å². The fourth-order valence-electron chi connectivity index (χ4n) is 6.12. The predicted molar refractivity (Wildman–Crippen MR) is 197 cm³/mol. The molecule has 0 saturated heterocycles. The molecule has 0 bridgehead atoms. The maximum atomic E-state index is 12.2. The largest absolute Gasteiger partial charge is 2.00 e. The molecule has 1 aliphatic rings. The molecule has 1 aliphatic heterocycles. The normalized spacial score (nSPS) is 12.2. The Morgan fingerprint density at radius 1 is 0.574 bits per heavy atom. The second-order valence-corrected chi connectivity index (χ2v) is 12.0. The third-order valence-corrected chi connectivity index (χ3v) is 8.46. The zero-order valence-corrected chi connectivity index (χ0v) is 31.4. The number of benzene rings is 2. The van der Waals surface area contributed by atoms with E-state index in [0.29, 0.717) is 25.7 Å². The summed E-state index contributed by atoms with van der Waals surface area (Å²) in [4.78, 5) is 23.9. The van der Waals surface area contributed by atoms with Crippen molar-refractivity contribution in [3.8, 4) is 0 Å². The Labute approximate surface area is 298 Å². The summed E-state index contributed by atoms with van der Waals surface area (Å²) in [6.07, 6.45) is 16.1. The molecule has 0 amide bonds. The molecular formula is C42H62N2NiO2. The van der Waals surface area contributed by atoms with Gasteiger partial charge in [-0.05, 0) is 75.6 Å². The van der Waals surface area contributed by atoms with E-state index < -0.39 is 0 Å². The summed E-state index contributed by atoms with van der Waals surface area (Å²) in [7, 11) is 0. The number of carbonyl (C=O) groups is 2. The molecule has 1 heterocycles. The Bertz CT molecular complexity index is 1290. The summed E-state index contributed by atoms with van der Waals surface area (Å²) in [5.74, 6) is 0.348. The monoisotopic (exact) mass is 684 g/mol. The molecule has 0 aliphatic carbocycles. The number of Topliss-reactive ketones (excluding diaryl/α,β-unsaturated/α-hetero) is 2. The third kappa shape index (κ3) is 14.6. The van der Waals surface area contributed by atoms with Crippen molar-refractivity contribution in [1.82, 2.24) is 0 Å². The summed E-state index contributed by atoms with van der Waals surface area (Å²) < 4.78 is 1.46. The van der Waals surface area contributed by atoms with Gasteiger partial charge in [0, 0.05) is 35.1 Å². The van der Waals surface area contributed by atoms with Crippen LogP contribution in [0.1, 0.15) is 154 Å². The minimum atomic E-state index is 0. The molecule has 2 aromatic rings. The Hall–Kier alpha value is -2.65. The van der Waals surface area contributed by atoms with E-state index in [2.05, 4.69) is 52.0 Å². The van der Waals surface area contributed by atoms with Gasteiger partial charge in [-0.15, -0.1) is 0 Å². The van der Waals surface area contributed by atoms with E-state index in [9.17, 15) is 15.1 Å². The van der Waals surface area contributed by atoms with E-state index in [1.165, 1.54) is 67.2 Å². The summed E-state index contributed by atoms with van der Waals surface area (Å²) in [6, 6.07) is 16.5. The number of hydrogen-bond acceptors (Lipinski definition) is 2. The van der Waals surface area contributed by atoms with Gasteiger partial charge < -0.3 is 29.0 Å². The third-order valence-electron chi connectivity index (χ3n) is 8.46. The van der Waals surface area contributed by atoms with Crippen LogP contribution in [-0.2, 0) is 38.9 Å². The van der Waals surface area contributed by atoms with Crippen LogP contribution in [-0.4, -0.2) is 16.3 Å². The molecule has 47 heavy (non-hydrogen) atoms. The maximum absolute atomic E-state index is 12.2. The number of nitrogens with zero attached hydrogens (tertiary/aromatic N) is 2. The number of allylic oxidation sites excluding steroid dienone is 2. The van der Waals surface area contributed by atoms with Crippen LogP contribution in [0.15, 0.2) is 59.7 Å². The van der Waals surface area contributed by atoms with Gasteiger partial charge in [0.15, 0.2) is 0 Å². The molecule has 4 nitrogen and oxygen atoms in total. The van der Waals surface area contributed by atoms with Gasteiger partial charge in [-0.25, -0.2) is 4.70 Å². The Morgan fingerprint density at radius 3 is 1.30 bits per heavy atom. The molecular weight excluding hydrogens is 623 g/mol. The van der Waals surface area contributed by atoms with Gasteiger partial charge in [0.05, 0.1) is 0 Å². The molecule has 0 aromatic heterocycles. The minimum absolute atomic E-state index is 0. The molecule has 0 N–H and O–H groups in total. The summed E-state index contributed by atoms with van der Waals surface area (Å²) in [5, 5.41) is 0. The Kier molecular flexibility index (Phi) is 24.8. The second-order valence-electron chi connectivity index (χ2n) is 12.0. The van der Waals surface area contributed by atoms with Crippen molar-refractivity contribution in [1.29, 1.82) is 0 Å². The van der Waals surface area contributed by atoms with E-state index >= 15 is 0 Å². The van der Waals surface area contributed by atoms with Crippen molar-refractivity contribution >= 4 is 23.0 Å². The van der Waals surface area contributed by atoms with Gasteiger partial charge in [0.1, 0.15) is 11.6 Å². The first-order chi connectivity index (χ1) is 22.4. The summed E-state index contributed by atoms with van der Waals surface area (Å²) in [5.41, 5.74) is 20.6. The van der Waals surface area contributed by atoms with Gasteiger partial charge in [-0.1, -0.05) is 102 Å². The number of hydrogen-bond donors (Lipinski definition) is 0. The Balaban J connectivity index is 0.00000407. The molecule has 5 heteroatoms. The van der Waals surface area contributed by atoms with Crippen LogP contribution in [0.3, 0.4) is 0 Å². The van der Waals surface area contributed by atoms with Crippen molar-refractivity contribution in [3.63, 3.8) is 0 Å². The molecule has 0 atom stereocenters. The zero-order chi connectivity index (χ0) is 34.3. The SMILES string of the molecule is CCCCCCCCC1=C(c2ccccc2CCC(C)=O)[N+](=[N-])C(c2ccccc2CCC(C)=O)=C1CCCCCC.[CH2-]C.[CH2-]C.[Ni+2]. The minimum Gasteiger partial charge on any atom is -0.493 e. The van der Waals surface area contributed by atoms with Gasteiger partial charge in [-0.3, -0.25) is 0 Å². The number of carbonyl (C=O) groups excluding carboxylic acids is 2. The molecule has 0 saturated carbocycles. The van der Waals surface area contributed by atoms with E-state index in [1.807, 2.05) is 24.3 Å². The van der Waals surface area contributed by atoms with Crippen molar-refractivity contribution in [3.05, 3.63) is 101 Å². The summed E-state index contributed by atoms with van der Waals surface area (Å²) in [6.45, 7) is 17.8. The van der Waals surface area contributed by atoms with Crippen LogP contribution < -0.4 is 0 Å². The van der Waals surface area contributed by atoms with Gasteiger partial charge >= 0.3 is 16.5 Å². The molecule has 0 fully saturated rings. The van der Waals surface area contributed by atoms with Crippen molar-refractivity contribution in [2.75, 3.05) is 0 Å². The smallest absolute Gasteiger partial charge is 0.493 e. The molecule has 0 radical (unpaired) electrons. The van der Waals surface area contributed by atoms with Crippen molar-refractivity contribution in [2.45, 2.75) is 144 Å². The molecule has 2 aromatic carbocycles. The first kappa shape index (κ1) is 44.4. The maximum Gasteiger partial charge on any atom is 2.00 e. The number of unbranched alkanes of at least 4 members (excludes halogenated alkanes) is 8. The number of ketones is 2. The zero-order valence-electron chi connectivity index (χ0n) is 30.4. The molecule has 3 rings (SSSR count). The number of rotatable bonds is 20. The van der Waals surface area contributed by atoms with E-state index in [1.54, 1.807) is 27.7 Å².